The van der Waals surface area contributed by atoms with Crippen LogP contribution in [0.15, 0.2) is 83.9 Å². The van der Waals surface area contributed by atoms with Crippen molar-refractivity contribution in [2.24, 2.45) is 12.8 Å². The molecule has 0 aliphatic carbocycles. The third kappa shape index (κ3) is 5.58. The minimum Gasteiger partial charge on any atom is -0.354 e. The van der Waals surface area contributed by atoms with Crippen molar-refractivity contribution < 1.29 is 13.2 Å². The molecule has 9 heteroatoms. The van der Waals surface area contributed by atoms with Crippen LogP contribution in [-0.4, -0.2) is 27.1 Å². The van der Waals surface area contributed by atoms with Gasteiger partial charge in [-0.25, -0.2) is 4.98 Å². The second-order valence-corrected chi connectivity index (χ2v) is 8.17. The van der Waals surface area contributed by atoms with Crippen molar-refractivity contribution in [2.75, 3.05) is 11.9 Å². The summed E-state index contributed by atoms with van der Waals surface area (Å²) in [4.78, 5) is 22.1. The average molecular weight is 480 g/mol. The predicted octanol–water partition coefficient (Wildman–Crippen LogP) is 4.51. The molecule has 4 aromatic rings. The SMILES string of the molecule is Cn1c(NC[C@@H](N)Cc2ccccc2)nc(-c2ccncc2)c(-c2cccc(C(F)(F)F)c2)c1=O. The normalized spacial score (nSPS) is 12.4. The molecule has 2 aromatic carbocycles. The van der Waals surface area contributed by atoms with Crippen LogP contribution in [0.4, 0.5) is 19.1 Å². The molecule has 0 spiro atoms. The van der Waals surface area contributed by atoms with E-state index in [-0.39, 0.29) is 28.8 Å². The first kappa shape index (κ1) is 24.2. The third-order valence-corrected chi connectivity index (χ3v) is 5.59. The largest absolute Gasteiger partial charge is 0.416 e. The van der Waals surface area contributed by atoms with Crippen LogP contribution in [0.25, 0.3) is 22.4 Å². The summed E-state index contributed by atoms with van der Waals surface area (Å²) in [7, 11) is 1.52. The first-order valence-corrected chi connectivity index (χ1v) is 11.0. The first-order valence-electron chi connectivity index (χ1n) is 11.0. The molecule has 2 aromatic heterocycles. The molecule has 0 saturated carbocycles. The zero-order chi connectivity index (χ0) is 25.0. The fourth-order valence-corrected chi connectivity index (χ4v) is 3.80. The fraction of sp³-hybridized carbons (Fsp3) is 0.192. The molecule has 1 atom stereocenters. The van der Waals surface area contributed by atoms with Gasteiger partial charge in [-0.2, -0.15) is 13.2 Å². The number of halogens is 3. The highest BCUT2D eigenvalue weighted by atomic mass is 19.4. The summed E-state index contributed by atoms with van der Waals surface area (Å²) in [6.45, 7) is 0.341. The predicted molar refractivity (Wildman–Crippen MR) is 130 cm³/mol. The standard InChI is InChI=1S/C26H24F3N5O/c1-34-24(35)22(19-8-5-9-20(15-19)26(27,28)29)23(18-10-12-31-13-11-18)33-25(34)32-16-21(30)14-17-6-3-2-4-7-17/h2-13,15,21H,14,16,30H2,1H3,(H,32,33)/t21-/m0/s1. The summed E-state index contributed by atoms with van der Waals surface area (Å²) in [5, 5.41) is 3.13. The highest BCUT2D eigenvalue weighted by molar-refractivity contribution is 5.81. The second kappa shape index (κ2) is 10.1. The van der Waals surface area contributed by atoms with Crippen LogP contribution in [0, 0.1) is 0 Å². The van der Waals surface area contributed by atoms with Gasteiger partial charge in [-0.3, -0.25) is 14.3 Å². The second-order valence-electron chi connectivity index (χ2n) is 8.17. The minimum absolute atomic E-state index is 0.0731. The Hall–Kier alpha value is -3.98. The summed E-state index contributed by atoms with van der Waals surface area (Å²) >= 11 is 0. The van der Waals surface area contributed by atoms with Gasteiger partial charge < -0.3 is 11.1 Å². The smallest absolute Gasteiger partial charge is 0.354 e. The molecule has 0 unspecified atom stereocenters. The van der Waals surface area contributed by atoms with Crippen LogP contribution in [0.3, 0.4) is 0 Å². The lowest BCUT2D eigenvalue weighted by atomic mass is 9.99. The Morgan fingerprint density at radius 1 is 1.00 bits per heavy atom. The number of rotatable bonds is 7. The van der Waals surface area contributed by atoms with Crippen molar-refractivity contribution in [3.63, 3.8) is 0 Å². The molecule has 0 aliphatic rings. The van der Waals surface area contributed by atoms with E-state index < -0.39 is 17.3 Å². The lowest BCUT2D eigenvalue weighted by Crippen LogP contribution is -2.34. The van der Waals surface area contributed by atoms with Gasteiger partial charge in [-0.05, 0) is 41.8 Å². The number of pyridine rings is 1. The lowest BCUT2D eigenvalue weighted by molar-refractivity contribution is -0.137. The molecule has 4 rings (SSSR count). The molecule has 2 heterocycles. The van der Waals surface area contributed by atoms with Crippen molar-refractivity contribution in [1.29, 1.82) is 0 Å². The molecule has 0 radical (unpaired) electrons. The quantitative estimate of drug-likeness (QED) is 0.407. The van der Waals surface area contributed by atoms with E-state index >= 15 is 0 Å². The highest BCUT2D eigenvalue weighted by Gasteiger charge is 2.31. The van der Waals surface area contributed by atoms with E-state index in [4.69, 9.17) is 5.73 Å². The van der Waals surface area contributed by atoms with Crippen LogP contribution < -0.4 is 16.6 Å². The molecule has 0 bridgehead atoms. The molecule has 35 heavy (non-hydrogen) atoms. The fourth-order valence-electron chi connectivity index (χ4n) is 3.80. The van der Waals surface area contributed by atoms with Gasteiger partial charge in [0.1, 0.15) is 0 Å². The molecule has 6 nitrogen and oxygen atoms in total. The Morgan fingerprint density at radius 2 is 1.71 bits per heavy atom. The van der Waals surface area contributed by atoms with Gasteiger partial charge in [-0.1, -0.05) is 42.5 Å². The van der Waals surface area contributed by atoms with Crippen LogP contribution >= 0.6 is 0 Å². The number of alkyl halides is 3. The Labute approximate surface area is 200 Å². The highest BCUT2D eigenvalue weighted by Crippen LogP contribution is 2.34. The number of anilines is 1. The topological polar surface area (TPSA) is 85.8 Å². The molecule has 3 N–H and O–H groups in total. The van der Waals surface area contributed by atoms with Crippen molar-refractivity contribution >= 4 is 5.95 Å². The van der Waals surface area contributed by atoms with E-state index in [0.29, 0.717) is 18.5 Å². The summed E-state index contributed by atoms with van der Waals surface area (Å²) in [6.07, 6.45) is -0.843. The van der Waals surface area contributed by atoms with Gasteiger partial charge in [0.15, 0.2) is 0 Å². The summed E-state index contributed by atoms with van der Waals surface area (Å²) in [5.74, 6) is 0.265. The van der Waals surface area contributed by atoms with Gasteiger partial charge in [0.2, 0.25) is 5.95 Å². The maximum Gasteiger partial charge on any atom is 0.416 e. The van der Waals surface area contributed by atoms with Crippen LogP contribution in [0.5, 0.6) is 0 Å². The molecular formula is C26H24F3N5O. The number of benzene rings is 2. The van der Waals surface area contributed by atoms with Crippen LogP contribution in [0.2, 0.25) is 0 Å². The van der Waals surface area contributed by atoms with E-state index in [1.807, 2.05) is 30.3 Å². The minimum atomic E-state index is -4.54. The van der Waals surface area contributed by atoms with Gasteiger partial charge >= 0.3 is 6.18 Å². The van der Waals surface area contributed by atoms with Crippen molar-refractivity contribution in [3.05, 3.63) is 101 Å². The zero-order valence-corrected chi connectivity index (χ0v) is 19.0. The van der Waals surface area contributed by atoms with E-state index in [2.05, 4.69) is 15.3 Å². The molecule has 0 amide bonds. The van der Waals surface area contributed by atoms with Crippen LogP contribution in [-0.2, 0) is 19.6 Å². The maximum atomic E-state index is 13.4. The number of hydrogen-bond donors (Lipinski definition) is 2. The molecule has 0 saturated heterocycles. The average Bonchev–Trinajstić information content (AvgIpc) is 2.85. The molecular weight excluding hydrogens is 455 g/mol. The van der Waals surface area contributed by atoms with Gasteiger partial charge in [0.05, 0.1) is 16.8 Å². The zero-order valence-electron chi connectivity index (χ0n) is 19.0. The van der Waals surface area contributed by atoms with E-state index in [1.54, 1.807) is 12.1 Å². The number of nitrogens with two attached hydrogens (primary N) is 1. The van der Waals surface area contributed by atoms with Gasteiger partial charge in [0, 0.05) is 37.6 Å². The summed E-state index contributed by atoms with van der Waals surface area (Å²) < 4.78 is 41.3. The number of hydrogen-bond acceptors (Lipinski definition) is 5. The number of aromatic nitrogens is 3. The Kier molecular flexibility index (Phi) is 6.97. The van der Waals surface area contributed by atoms with E-state index in [9.17, 15) is 18.0 Å². The Balaban J connectivity index is 1.73. The van der Waals surface area contributed by atoms with Gasteiger partial charge in [0.25, 0.3) is 5.56 Å². The summed E-state index contributed by atoms with van der Waals surface area (Å²) in [6, 6.07) is 17.5. The monoisotopic (exact) mass is 479 g/mol. The third-order valence-electron chi connectivity index (χ3n) is 5.59. The van der Waals surface area contributed by atoms with Crippen molar-refractivity contribution in [1.82, 2.24) is 14.5 Å². The van der Waals surface area contributed by atoms with E-state index in [0.717, 1.165) is 17.7 Å². The molecule has 0 aliphatic heterocycles. The number of nitrogens with one attached hydrogen (secondary N) is 1. The van der Waals surface area contributed by atoms with Crippen molar-refractivity contribution in [3.8, 4) is 22.4 Å². The maximum absolute atomic E-state index is 13.4. The summed E-state index contributed by atoms with van der Waals surface area (Å²) in [5.41, 5.74) is 7.06. The number of nitrogens with zero attached hydrogens (tertiary/aromatic N) is 3. The Morgan fingerprint density at radius 3 is 2.40 bits per heavy atom. The lowest BCUT2D eigenvalue weighted by Gasteiger charge is -2.18. The van der Waals surface area contributed by atoms with E-state index in [1.165, 1.54) is 36.1 Å². The molecule has 180 valence electrons. The first-order chi connectivity index (χ1) is 16.7. The molecule has 0 fully saturated rings. The van der Waals surface area contributed by atoms with Crippen molar-refractivity contribution in [2.45, 2.75) is 18.6 Å². The van der Waals surface area contributed by atoms with Crippen LogP contribution in [0.1, 0.15) is 11.1 Å². The Bertz CT molecular complexity index is 1360. The van der Waals surface area contributed by atoms with Gasteiger partial charge in [-0.15, -0.1) is 0 Å².